The average molecular weight is 442 g/mol. The number of halogens is 1. The first-order chi connectivity index (χ1) is 15.0. The monoisotopic (exact) mass is 441 g/mol. The van der Waals surface area contributed by atoms with Crippen LogP contribution in [0.4, 0.5) is 5.69 Å². The molecule has 2 heterocycles. The van der Waals surface area contributed by atoms with Crippen molar-refractivity contribution in [2.45, 2.75) is 19.3 Å². The summed E-state index contributed by atoms with van der Waals surface area (Å²) in [4.78, 5) is 31.9. The minimum absolute atomic E-state index is 0.00502. The van der Waals surface area contributed by atoms with Crippen LogP contribution >= 0.6 is 11.6 Å². The third kappa shape index (κ3) is 5.02. The van der Waals surface area contributed by atoms with Gasteiger partial charge in [-0.2, -0.15) is 0 Å². The maximum absolute atomic E-state index is 13.1. The van der Waals surface area contributed by atoms with Gasteiger partial charge in [0.05, 0.1) is 13.7 Å². The molecule has 6 nitrogen and oxygen atoms in total. The molecule has 0 unspecified atom stereocenters. The number of hydrogen-bond donors (Lipinski definition) is 0. The Kier molecular flexibility index (Phi) is 6.78. The van der Waals surface area contributed by atoms with E-state index in [1.807, 2.05) is 28.0 Å². The van der Waals surface area contributed by atoms with Crippen molar-refractivity contribution in [3.8, 4) is 5.75 Å². The van der Waals surface area contributed by atoms with Gasteiger partial charge < -0.3 is 14.5 Å². The molecule has 0 N–H and O–H groups in total. The second-order valence-corrected chi connectivity index (χ2v) is 8.51. The van der Waals surface area contributed by atoms with E-state index >= 15 is 0 Å². The van der Waals surface area contributed by atoms with Crippen LogP contribution in [-0.4, -0.2) is 68.0 Å². The fraction of sp³-hybridized carbons (Fsp3) is 0.417. The highest BCUT2D eigenvalue weighted by molar-refractivity contribution is 6.30. The maximum atomic E-state index is 13.1. The Balaban J connectivity index is 1.38. The van der Waals surface area contributed by atoms with Gasteiger partial charge in [0.2, 0.25) is 5.91 Å². The Morgan fingerprint density at radius 1 is 1.00 bits per heavy atom. The first-order valence-electron chi connectivity index (χ1n) is 10.8. The van der Waals surface area contributed by atoms with Gasteiger partial charge in [0.25, 0.3) is 5.91 Å². The zero-order chi connectivity index (χ0) is 21.8. The fourth-order valence-electron chi connectivity index (χ4n) is 4.37. The number of anilines is 1. The van der Waals surface area contributed by atoms with Crippen LogP contribution in [0.5, 0.6) is 5.75 Å². The smallest absolute Gasteiger partial charge is 0.253 e. The number of rotatable bonds is 4. The number of methoxy groups -OCH3 is 1. The van der Waals surface area contributed by atoms with Gasteiger partial charge >= 0.3 is 0 Å². The number of carbonyl (C=O) groups excluding carboxylic acids is 2. The Bertz CT molecular complexity index is 965. The molecule has 0 atom stereocenters. The predicted molar refractivity (Wildman–Crippen MR) is 122 cm³/mol. The van der Waals surface area contributed by atoms with E-state index in [0.29, 0.717) is 36.8 Å². The molecule has 2 aliphatic heterocycles. The molecular formula is C24H28ClN3O3. The van der Waals surface area contributed by atoms with Crippen molar-refractivity contribution in [2.75, 3.05) is 51.3 Å². The first-order valence-corrected chi connectivity index (χ1v) is 11.2. The third-order valence-electron chi connectivity index (χ3n) is 6.01. The highest BCUT2D eigenvalue weighted by Crippen LogP contribution is 2.30. The Hall–Kier alpha value is -2.57. The zero-order valence-electron chi connectivity index (χ0n) is 17.8. The van der Waals surface area contributed by atoms with Gasteiger partial charge in [-0.3, -0.25) is 14.5 Å². The Morgan fingerprint density at radius 2 is 1.87 bits per heavy atom. The molecule has 31 heavy (non-hydrogen) atoms. The Labute approximate surface area is 188 Å². The van der Waals surface area contributed by atoms with Crippen LogP contribution in [0.3, 0.4) is 0 Å². The van der Waals surface area contributed by atoms with Gasteiger partial charge in [0.15, 0.2) is 0 Å². The minimum atomic E-state index is -0.00502. The summed E-state index contributed by atoms with van der Waals surface area (Å²) in [5.41, 5.74) is 2.76. The Morgan fingerprint density at radius 3 is 2.68 bits per heavy atom. The van der Waals surface area contributed by atoms with Gasteiger partial charge in [-0.05, 0) is 61.2 Å². The van der Waals surface area contributed by atoms with Crippen LogP contribution in [0.25, 0.3) is 0 Å². The summed E-state index contributed by atoms with van der Waals surface area (Å²) in [5, 5.41) is 0.562. The molecule has 2 aliphatic rings. The van der Waals surface area contributed by atoms with Crippen molar-refractivity contribution in [2.24, 2.45) is 0 Å². The number of amides is 2. The quantitative estimate of drug-likeness (QED) is 0.729. The van der Waals surface area contributed by atoms with E-state index in [1.54, 1.807) is 31.4 Å². The molecule has 2 aromatic rings. The fourth-order valence-corrected chi connectivity index (χ4v) is 4.56. The molecular weight excluding hydrogens is 414 g/mol. The van der Waals surface area contributed by atoms with Crippen LogP contribution in [0.2, 0.25) is 5.02 Å². The summed E-state index contributed by atoms with van der Waals surface area (Å²) in [7, 11) is 1.66. The van der Waals surface area contributed by atoms with Gasteiger partial charge in [-0.1, -0.05) is 17.7 Å². The summed E-state index contributed by atoms with van der Waals surface area (Å²) >= 11 is 6.04. The summed E-state index contributed by atoms with van der Waals surface area (Å²) in [5.74, 6) is 0.931. The molecule has 0 aliphatic carbocycles. The molecule has 1 saturated heterocycles. The molecule has 2 aromatic carbocycles. The molecule has 0 radical (unpaired) electrons. The van der Waals surface area contributed by atoms with Crippen molar-refractivity contribution >= 4 is 29.1 Å². The number of fused-ring (bicyclic) bond motifs is 1. The lowest BCUT2D eigenvalue weighted by molar-refractivity contribution is -0.119. The van der Waals surface area contributed by atoms with Crippen molar-refractivity contribution in [1.82, 2.24) is 9.80 Å². The summed E-state index contributed by atoms with van der Waals surface area (Å²) in [6.07, 6.45) is 2.75. The topological polar surface area (TPSA) is 53.1 Å². The van der Waals surface area contributed by atoms with Crippen LogP contribution in [0.15, 0.2) is 42.5 Å². The summed E-state index contributed by atoms with van der Waals surface area (Å²) in [6, 6.07) is 13.0. The van der Waals surface area contributed by atoms with Crippen LogP contribution in [0, 0.1) is 0 Å². The molecule has 4 rings (SSSR count). The third-order valence-corrected chi connectivity index (χ3v) is 6.25. The molecule has 0 bridgehead atoms. The predicted octanol–water partition coefficient (Wildman–Crippen LogP) is 3.48. The highest BCUT2D eigenvalue weighted by atomic mass is 35.5. The van der Waals surface area contributed by atoms with Crippen molar-refractivity contribution in [1.29, 1.82) is 0 Å². The van der Waals surface area contributed by atoms with Gasteiger partial charge in [-0.15, -0.1) is 0 Å². The molecule has 2 amide bonds. The largest absolute Gasteiger partial charge is 0.497 e. The highest BCUT2D eigenvalue weighted by Gasteiger charge is 2.26. The van der Waals surface area contributed by atoms with E-state index in [-0.39, 0.29) is 11.8 Å². The summed E-state index contributed by atoms with van der Waals surface area (Å²) in [6.45, 7) is 3.88. The molecule has 0 aromatic heterocycles. The van der Waals surface area contributed by atoms with E-state index in [4.69, 9.17) is 16.3 Å². The number of aryl methyl sites for hydroxylation is 1. The second kappa shape index (κ2) is 9.71. The zero-order valence-corrected chi connectivity index (χ0v) is 18.6. The maximum Gasteiger partial charge on any atom is 0.253 e. The van der Waals surface area contributed by atoms with Crippen molar-refractivity contribution in [3.63, 3.8) is 0 Å². The number of nitrogens with zero attached hydrogens (tertiary/aromatic N) is 3. The van der Waals surface area contributed by atoms with Crippen LogP contribution in [0.1, 0.15) is 28.8 Å². The number of benzene rings is 2. The molecule has 0 spiro atoms. The second-order valence-electron chi connectivity index (χ2n) is 8.08. The molecule has 1 fully saturated rings. The lowest BCUT2D eigenvalue weighted by atomic mass is 10.0. The lowest BCUT2D eigenvalue weighted by Crippen LogP contribution is -2.44. The van der Waals surface area contributed by atoms with E-state index in [9.17, 15) is 9.59 Å². The minimum Gasteiger partial charge on any atom is -0.497 e. The van der Waals surface area contributed by atoms with E-state index in [0.717, 1.165) is 49.4 Å². The van der Waals surface area contributed by atoms with Crippen molar-refractivity contribution in [3.05, 3.63) is 58.6 Å². The first kappa shape index (κ1) is 21.7. The number of ether oxygens (including phenoxy) is 1. The summed E-state index contributed by atoms with van der Waals surface area (Å²) < 4.78 is 5.33. The molecule has 164 valence electrons. The van der Waals surface area contributed by atoms with E-state index < -0.39 is 0 Å². The van der Waals surface area contributed by atoms with Gasteiger partial charge in [0.1, 0.15) is 5.75 Å². The van der Waals surface area contributed by atoms with Crippen molar-refractivity contribution < 1.29 is 14.3 Å². The van der Waals surface area contributed by atoms with Crippen LogP contribution < -0.4 is 9.64 Å². The number of hydrogen-bond acceptors (Lipinski definition) is 4. The molecule has 0 saturated carbocycles. The van der Waals surface area contributed by atoms with E-state index in [2.05, 4.69) is 4.90 Å². The average Bonchev–Trinajstić information content (AvgIpc) is 3.03. The van der Waals surface area contributed by atoms with Gasteiger partial charge in [0, 0.05) is 49.0 Å². The number of carbonyl (C=O) groups is 2. The van der Waals surface area contributed by atoms with Crippen LogP contribution in [-0.2, 0) is 11.2 Å². The lowest BCUT2D eigenvalue weighted by Gasteiger charge is -2.31. The van der Waals surface area contributed by atoms with E-state index in [1.165, 1.54) is 0 Å². The van der Waals surface area contributed by atoms with Gasteiger partial charge in [-0.25, -0.2) is 0 Å². The SMILES string of the molecule is COc1ccc2c(c1)CCCN2C(=O)CN1CCCN(C(=O)c2cccc(Cl)c2)CC1. The standard InChI is InChI=1S/C24H28ClN3O3/c1-31-21-8-9-22-18(16-21)6-3-12-28(22)23(29)17-26-10-4-11-27(14-13-26)24(30)19-5-2-7-20(25)15-19/h2,5,7-9,15-16H,3-4,6,10-14,17H2,1H3. The normalized spacial score (nSPS) is 17.1. The molecule has 7 heteroatoms.